The van der Waals surface area contributed by atoms with E-state index in [1.165, 1.54) is 25.7 Å². The van der Waals surface area contributed by atoms with Crippen LogP contribution in [0.2, 0.25) is 0 Å². The highest BCUT2D eigenvalue weighted by Crippen LogP contribution is 2.44. The van der Waals surface area contributed by atoms with Crippen molar-refractivity contribution >= 4 is 5.91 Å². The molecule has 0 radical (unpaired) electrons. The Kier molecular flexibility index (Phi) is 4.28. The molecule has 0 aromatic heterocycles. The average Bonchev–Trinajstić information content (AvgIpc) is 3.07. The lowest BCUT2D eigenvalue weighted by Gasteiger charge is -2.38. The molecule has 1 amide bonds. The Balaban J connectivity index is 1.57. The van der Waals surface area contributed by atoms with Crippen molar-refractivity contribution in [3.05, 3.63) is 0 Å². The maximum Gasteiger partial charge on any atom is 0.227 e. The van der Waals surface area contributed by atoms with Gasteiger partial charge in [0.15, 0.2) is 0 Å². The molecule has 0 bridgehead atoms. The highest BCUT2D eigenvalue weighted by molar-refractivity contribution is 5.79. The van der Waals surface area contributed by atoms with Gasteiger partial charge in [-0.3, -0.25) is 14.6 Å². The molecule has 3 fully saturated rings. The maximum atomic E-state index is 12.8. The first kappa shape index (κ1) is 15.3. The lowest BCUT2D eigenvalue weighted by atomic mass is 9.90. The van der Waals surface area contributed by atoms with Crippen molar-refractivity contribution < 1.29 is 4.79 Å². The smallest absolute Gasteiger partial charge is 0.227 e. The molecule has 0 aromatic rings. The molecule has 1 aliphatic carbocycles. The van der Waals surface area contributed by atoms with Crippen LogP contribution in [0.15, 0.2) is 0 Å². The highest BCUT2D eigenvalue weighted by Gasteiger charge is 2.48. The standard InChI is InChI=1S/C17H31N3O/c1-14(2)19-8-10-20(11-9-19)16(21)15-12-17(18(3)13-15)6-4-5-7-17/h14-15H,4-13H2,1-3H3. The van der Waals surface area contributed by atoms with Crippen molar-refractivity contribution in [3.63, 3.8) is 0 Å². The van der Waals surface area contributed by atoms with Crippen molar-refractivity contribution in [1.29, 1.82) is 0 Å². The molecule has 120 valence electrons. The summed E-state index contributed by atoms with van der Waals surface area (Å²) >= 11 is 0. The van der Waals surface area contributed by atoms with Gasteiger partial charge in [0, 0.05) is 44.3 Å². The number of piperazine rings is 1. The molecular weight excluding hydrogens is 262 g/mol. The van der Waals surface area contributed by atoms with E-state index in [4.69, 9.17) is 0 Å². The number of amides is 1. The Morgan fingerprint density at radius 2 is 1.71 bits per heavy atom. The lowest BCUT2D eigenvalue weighted by molar-refractivity contribution is -0.137. The predicted molar refractivity (Wildman–Crippen MR) is 85.2 cm³/mol. The molecular formula is C17H31N3O. The summed E-state index contributed by atoms with van der Waals surface area (Å²) in [5.74, 6) is 0.674. The van der Waals surface area contributed by atoms with Crippen LogP contribution in [0.4, 0.5) is 0 Å². The fourth-order valence-corrected chi connectivity index (χ4v) is 4.70. The number of nitrogens with zero attached hydrogens (tertiary/aromatic N) is 3. The van der Waals surface area contributed by atoms with Crippen molar-refractivity contribution in [3.8, 4) is 0 Å². The Hall–Kier alpha value is -0.610. The van der Waals surface area contributed by atoms with Crippen LogP contribution < -0.4 is 0 Å². The van der Waals surface area contributed by atoms with Crippen molar-refractivity contribution in [2.75, 3.05) is 39.8 Å². The quantitative estimate of drug-likeness (QED) is 0.777. The zero-order chi connectivity index (χ0) is 15.0. The van der Waals surface area contributed by atoms with Gasteiger partial charge in [0.1, 0.15) is 0 Å². The van der Waals surface area contributed by atoms with Crippen molar-refractivity contribution in [2.45, 2.75) is 57.5 Å². The van der Waals surface area contributed by atoms with E-state index in [0.717, 1.165) is 39.1 Å². The van der Waals surface area contributed by atoms with Gasteiger partial charge in [-0.05, 0) is 40.2 Å². The molecule has 2 saturated heterocycles. The molecule has 21 heavy (non-hydrogen) atoms. The molecule has 2 heterocycles. The minimum atomic E-state index is 0.249. The normalized spacial score (nSPS) is 30.7. The number of hydrogen-bond donors (Lipinski definition) is 0. The Morgan fingerprint density at radius 1 is 1.10 bits per heavy atom. The molecule has 4 nitrogen and oxygen atoms in total. The van der Waals surface area contributed by atoms with Crippen molar-refractivity contribution in [2.24, 2.45) is 5.92 Å². The molecule has 1 atom stereocenters. The monoisotopic (exact) mass is 293 g/mol. The molecule has 0 N–H and O–H groups in total. The van der Waals surface area contributed by atoms with Crippen LogP contribution in [-0.2, 0) is 4.79 Å². The molecule has 2 aliphatic heterocycles. The summed E-state index contributed by atoms with van der Waals surface area (Å²) in [5.41, 5.74) is 0.361. The summed E-state index contributed by atoms with van der Waals surface area (Å²) in [6, 6.07) is 0.599. The van der Waals surface area contributed by atoms with E-state index >= 15 is 0 Å². The van der Waals surface area contributed by atoms with Gasteiger partial charge in [0.05, 0.1) is 5.92 Å². The Bertz CT molecular complexity index is 381. The van der Waals surface area contributed by atoms with E-state index in [9.17, 15) is 4.79 Å². The van der Waals surface area contributed by atoms with Crippen LogP contribution in [0.5, 0.6) is 0 Å². The van der Waals surface area contributed by atoms with Gasteiger partial charge in [-0.1, -0.05) is 12.8 Å². The molecule has 3 aliphatic rings. The van der Waals surface area contributed by atoms with Gasteiger partial charge < -0.3 is 4.90 Å². The summed E-state index contributed by atoms with van der Waals surface area (Å²) in [7, 11) is 2.23. The second kappa shape index (κ2) is 5.88. The first-order valence-electron chi connectivity index (χ1n) is 8.76. The Labute approximate surface area is 129 Å². The average molecular weight is 293 g/mol. The number of likely N-dealkylation sites (tertiary alicyclic amines) is 1. The van der Waals surface area contributed by atoms with Crippen LogP contribution in [0.25, 0.3) is 0 Å². The minimum Gasteiger partial charge on any atom is -0.340 e. The molecule has 1 spiro atoms. The summed E-state index contributed by atoms with van der Waals surface area (Å²) in [6.45, 7) is 9.38. The number of carbonyl (C=O) groups excluding carboxylic acids is 1. The molecule has 3 rings (SSSR count). The summed E-state index contributed by atoms with van der Waals surface area (Å²) in [4.78, 5) is 19.9. The van der Waals surface area contributed by atoms with E-state index in [0.29, 0.717) is 17.5 Å². The second-order valence-electron chi connectivity index (χ2n) is 7.67. The molecule has 0 aromatic carbocycles. The summed E-state index contributed by atoms with van der Waals surface area (Å²) < 4.78 is 0. The third kappa shape index (κ3) is 2.85. The van der Waals surface area contributed by atoms with Gasteiger partial charge in [0.25, 0.3) is 0 Å². The maximum absolute atomic E-state index is 12.8. The SMILES string of the molecule is CC(C)N1CCN(C(=O)C2CN(C)C3(CCCC3)C2)CC1. The van der Waals surface area contributed by atoms with E-state index in [-0.39, 0.29) is 5.92 Å². The van der Waals surface area contributed by atoms with Crippen LogP contribution in [0.1, 0.15) is 46.0 Å². The van der Waals surface area contributed by atoms with Crippen LogP contribution >= 0.6 is 0 Å². The third-order valence-electron chi connectivity index (χ3n) is 6.17. The lowest BCUT2D eigenvalue weighted by Crippen LogP contribution is -2.52. The fraction of sp³-hybridized carbons (Fsp3) is 0.941. The number of rotatable bonds is 2. The van der Waals surface area contributed by atoms with Crippen LogP contribution in [0.3, 0.4) is 0 Å². The first-order valence-corrected chi connectivity index (χ1v) is 8.76. The first-order chi connectivity index (χ1) is 10.0. The van der Waals surface area contributed by atoms with Gasteiger partial charge in [0.2, 0.25) is 5.91 Å². The van der Waals surface area contributed by atoms with Crippen LogP contribution in [0, 0.1) is 5.92 Å². The van der Waals surface area contributed by atoms with E-state index < -0.39 is 0 Å². The second-order valence-corrected chi connectivity index (χ2v) is 7.67. The topological polar surface area (TPSA) is 26.8 Å². The van der Waals surface area contributed by atoms with Crippen LogP contribution in [-0.4, -0.2) is 72.0 Å². The van der Waals surface area contributed by atoms with Gasteiger partial charge in [-0.15, -0.1) is 0 Å². The van der Waals surface area contributed by atoms with Gasteiger partial charge in [-0.2, -0.15) is 0 Å². The van der Waals surface area contributed by atoms with E-state index in [1.54, 1.807) is 0 Å². The van der Waals surface area contributed by atoms with Crippen molar-refractivity contribution in [1.82, 2.24) is 14.7 Å². The Morgan fingerprint density at radius 3 is 2.29 bits per heavy atom. The van der Waals surface area contributed by atoms with Gasteiger partial charge >= 0.3 is 0 Å². The minimum absolute atomic E-state index is 0.249. The fourth-order valence-electron chi connectivity index (χ4n) is 4.70. The van der Waals surface area contributed by atoms with Gasteiger partial charge in [-0.25, -0.2) is 0 Å². The summed E-state index contributed by atoms with van der Waals surface area (Å²) in [6.07, 6.45) is 6.40. The largest absolute Gasteiger partial charge is 0.340 e. The molecule has 4 heteroatoms. The third-order valence-corrected chi connectivity index (χ3v) is 6.17. The molecule has 1 saturated carbocycles. The summed E-state index contributed by atoms with van der Waals surface area (Å²) in [5, 5.41) is 0. The number of hydrogen-bond acceptors (Lipinski definition) is 3. The highest BCUT2D eigenvalue weighted by atomic mass is 16.2. The zero-order valence-corrected chi connectivity index (χ0v) is 14.0. The van der Waals surface area contributed by atoms with E-state index in [2.05, 4.69) is 35.6 Å². The zero-order valence-electron chi connectivity index (χ0n) is 14.0. The van der Waals surface area contributed by atoms with E-state index in [1.807, 2.05) is 0 Å². The number of carbonyl (C=O) groups is 1. The predicted octanol–water partition coefficient (Wildman–Crippen LogP) is 1.80. The molecule has 1 unspecified atom stereocenters.